The Morgan fingerprint density at radius 3 is 2.94 bits per heavy atom. The van der Waals surface area contributed by atoms with Crippen LogP contribution >= 0.6 is 0 Å². The molecule has 1 aliphatic carbocycles. The molecular weight excluding hydrogens is 212 g/mol. The van der Waals surface area contributed by atoms with Gasteiger partial charge in [0.15, 0.2) is 0 Å². The number of pyridine rings is 1. The van der Waals surface area contributed by atoms with Gasteiger partial charge in [-0.15, -0.1) is 0 Å². The molecule has 2 N–H and O–H groups in total. The van der Waals surface area contributed by atoms with Crippen molar-refractivity contribution in [2.45, 2.75) is 25.9 Å². The van der Waals surface area contributed by atoms with E-state index in [2.05, 4.69) is 17.2 Å². The summed E-state index contributed by atoms with van der Waals surface area (Å²) in [4.78, 5) is 14.8. The summed E-state index contributed by atoms with van der Waals surface area (Å²) in [6.07, 6.45) is 1.23. The van der Waals surface area contributed by atoms with Gasteiger partial charge in [-0.05, 0) is 29.9 Å². The lowest BCUT2D eigenvalue weighted by molar-refractivity contribution is 0.649. The zero-order chi connectivity index (χ0) is 11.8. The first-order valence-corrected chi connectivity index (χ1v) is 6.08. The SMILES string of the molecule is C[C@H]1C[C@@H]1NCc1cc2ccccc2[nH]c1=O. The average Bonchev–Trinajstić information content (AvgIpc) is 3.03. The van der Waals surface area contributed by atoms with Crippen molar-refractivity contribution in [2.75, 3.05) is 0 Å². The summed E-state index contributed by atoms with van der Waals surface area (Å²) in [6.45, 7) is 2.89. The molecule has 88 valence electrons. The van der Waals surface area contributed by atoms with Gasteiger partial charge in [-0.25, -0.2) is 0 Å². The number of hydrogen-bond donors (Lipinski definition) is 2. The molecule has 1 fully saturated rings. The number of fused-ring (bicyclic) bond motifs is 1. The van der Waals surface area contributed by atoms with Crippen LogP contribution in [0.4, 0.5) is 0 Å². The fourth-order valence-electron chi connectivity index (χ4n) is 2.17. The van der Waals surface area contributed by atoms with Crippen molar-refractivity contribution in [3.63, 3.8) is 0 Å². The van der Waals surface area contributed by atoms with E-state index in [-0.39, 0.29) is 5.56 Å². The minimum Gasteiger partial charge on any atom is -0.322 e. The van der Waals surface area contributed by atoms with Crippen LogP contribution in [0.2, 0.25) is 0 Å². The Hall–Kier alpha value is -1.61. The zero-order valence-corrected chi connectivity index (χ0v) is 9.86. The molecule has 3 heteroatoms. The largest absolute Gasteiger partial charge is 0.322 e. The van der Waals surface area contributed by atoms with Crippen LogP contribution in [0.1, 0.15) is 18.9 Å². The molecule has 1 aliphatic rings. The molecule has 1 aromatic carbocycles. The van der Waals surface area contributed by atoms with E-state index >= 15 is 0 Å². The first kappa shape index (κ1) is 10.5. The number of para-hydroxylation sites is 1. The van der Waals surface area contributed by atoms with Crippen LogP contribution < -0.4 is 10.9 Å². The summed E-state index contributed by atoms with van der Waals surface area (Å²) in [6, 6.07) is 10.4. The summed E-state index contributed by atoms with van der Waals surface area (Å²) < 4.78 is 0. The number of nitrogens with one attached hydrogen (secondary N) is 2. The third-order valence-corrected chi connectivity index (χ3v) is 3.49. The van der Waals surface area contributed by atoms with E-state index in [9.17, 15) is 4.79 Å². The maximum atomic E-state index is 11.9. The smallest absolute Gasteiger partial charge is 0.252 e. The first-order valence-electron chi connectivity index (χ1n) is 6.08. The molecule has 17 heavy (non-hydrogen) atoms. The third-order valence-electron chi connectivity index (χ3n) is 3.49. The van der Waals surface area contributed by atoms with Gasteiger partial charge in [-0.1, -0.05) is 25.1 Å². The van der Waals surface area contributed by atoms with Gasteiger partial charge in [0.1, 0.15) is 0 Å². The maximum absolute atomic E-state index is 11.9. The lowest BCUT2D eigenvalue weighted by atomic mass is 10.1. The van der Waals surface area contributed by atoms with Crippen molar-refractivity contribution < 1.29 is 0 Å². The normalized spacial score (nSPS) is 22.9. The van der Waals surface area contributed by atoms with E-state index in [1.807, 2.05) is 30.3 Å². The summed E-state index contributed by atoms with van der Waals surface area (Å²) in [5.74, 6) is 0.759. The fourth-order valence-corrected chi connectivity index (χ4v) is 2.17. The molecule has 1 heterocycles. The van der Waals surface area contributed by atoms with Gasteiger partial charge in [0.25, 0.3) is 5.56 Å². The second-order valence-corrected chi connectivity index (χ2v) is 4.91. The Morgan fingerprint density at radius 2 is 2.18 bits per heavy atom. The molecule has 0 spiro atoms. The van der Waals surface area contributed by atoms with Gasteiger partial charge in [0.05, 0.1) is 0 Å². The van der Waals surface area contributed by atoms with Gasteiger partial charge in [-0.2, -0.15) is 0 Å². The number of aromatic nitrogens is 1. The van der Waals surface area contributed by atoms with Crippen molar-refractivity contribution in [1.29, 1.82) is 0 Å². The first-order chi connectivity index (χ1) is 8.24. The molecule has 1 aromatic heterocycles. The van der Waals surface area contributed by atoms with Gasteiger partial charge in [0, 0.05) is 23.7 Å². The maximum Gasteiger partial charge on any atom is 0.252 e. The summed E-state index contributed by atoms with van der Waals surface area (Å²) in [5, 5.41) is 4.50. The highest BCUT2D eigenvalue weighted by Crippen LogP contribution is 2.29. The Morgan fingerprint density at radius 1 is 1.41 bits per heavy atom. The topological polar surface area (TPSA) is 44.9 Å². The third kappa shape index (κ3) is 2.11. The summed E-state index contributed by atoms with van der Waals surface area (Å²) >= 11 is 0. The lowest BCUT2D eigenvalue weighted by Gasteiger charge is -2.04. The number of H-pyrrole nitrogens is 1. The number of benzene rings is 1. The van der Waals surface area contributed by atoms with E-state index in [4.69, 9.17) is 0 Å². The van der Waals surface area contributed by atoms with Gasteiger partial charge >= 0.3 is 0 Å². The van der Waals surface area contributed by atoms with Gasteiger partial charge in [-0.3, -0.25) is 4.79 Å². The average molecular weight is 228 g/mol. The molecule has 3 rings (SSSR count). The summed E-state index contributed by atoms with van der Waals surface area (Å²) in [5.41, 5.74) is 1.74. The van der Waals surface area contributed by atoms with Crippen LogP contribution in [-0.2, 0) is 6.54 Å². The van der Waals surface area contributed by atoms with Gasteiger partial charge < -0.3 is 10.3 Å². The van der Waals surface area contributed by atoms with Crippen molar-refractivity contribution >= 4 is 10.9 Å². The van der Waals surface area contributed by atoms with Gasteiger partial charge in [0.2, 0.25) is 0 Å². The number of rotatable bonds is 3. The molecule has 0 unspecified atom stereocenters. The van der Waals surface area contributed by atoms with Crippen LogP contribution in [-0.4, -0.2) is 11.0 Å². The van der Waals surface area contributed by atoms with Crippen molar-refractivity contribution in [3.8, 4) is 0 Å². The molecule has 0 aliphatic heterocycles. The standard InChI is InChI=1S/C14H16N2O/c1-9-6-13(9)15-8-11-7-10-4-2-3-5-12(10)16-14(11)17/h2-5,7,9,13,15H,6,8H2,1H3,(H,16,17)/t9-,13-/m0/s1. The lowest BCUT2D eigenvalue weighted by Crippen LogP contribution is -2.23. The Labute approximate surface area is 99.9 Å². The quantitative estimate of drug-likeness (QED) is 0.844. The van der Waals surface area contributed by atoms with Crippen molar-refractivity contribution in [2.24, 2.45) is 5.92 Å². The highest BCUT2D eigenvalue weighted by molar-refractivity contribution is 5.78. The van der Waals surface area contributed by atoms with E-state index in [1.54, 1.807) is 0 Å². The minimum atomic E-state index is 0.0181. The molecule has 3 nitrogen and oxygen atoms in total. The second kappa shape index (κ2) is 4.00. The fraction of sp³-hybridized carbons (Fsp3) is 0.357. The Balaban J connectivity index is 1.88. The predicted octanol–water partition coefficient (Wildman–Crippen LogP) is 2.03. The van der Waals surface area contributed by atoms with Crippen LogP contribution in [0, 0.1) is 5.92 Å². The molecule has 2 aromatic rings. The van der Waals surface area contributed by atoms with E-state index in [0.29, 0.717) is 12.6 Å². The molecule has 0 amide bonds. The molecule has 0 saturated heterocycles. The minimum absolute atomic E-state index is 0.0181. The molecular formula is C14H16N2O. The highest BCUT2D eigenvalue weighted by Gasteiger charge is 2.31. The molecule has 0 radical (unpaired) electrons. The number of aromatic amines is 1. The van der Waals surface area contributed by atoms with Crippen molar-refractivity contribution in [3.05, 3.63) is 46.2 Å². The predicted molar refractivity (Wildman–Crippen MR) is 69.0 cm³/mol. The molecule has 1 saturated carbocycles. The number of hydrogen-bond acceptors (Lipinski definition) is 2. The zero-order valence-electron chi connectivity index (χ0n) is 9.86. The molecule has 0 bridgehead atoms. The Kier molecular flexibility index (Phi) is 2.48. The van der Waals surface area contributed by atoms with Crippen LogP contribution in [0.15, 0.2) is 35.1 Å². The van der Waals surface area contributed by atoms with E-state index in [0.717, 1.165) is 22.4 Å². The van der Waals surface area contributed by atoms with Crippen LogP contribution in [0.5, 0.6) is 0 Å². The highest BCUT2D eigenvalue weighted by atomic mass is 16.1. The molecule has 2 atom stereocenters. The van der Waals surface area contributed by atoms with Crippen LogP contribution in [0.25, 0.3) is 10.9 Å². The van der Waals surface area contributed by atoms with Crippen molar-refractivity contribution in [1.82, 2.24) is 10.3 Å². The second-order valence-electron chi connectivity index (χ2n) is 4.91. The monoisotopic (exact) mass is 228 g/mol. The van der Waals surface area contributed by atoms with E-state index in [1.165, 1.54) is 6.42 Å². The summed E-state index contributed by atoms with van der Waals surface area (Å²) in [7, 11) is 0. The Bertz CT molecular complexity index is 602. The van der Waals surface area contributed by atoms with E-state index < -0.39 is 0 Å². The van der Waals surface area contributed by atoms with Crippen LogP contribution in [0.3, 0.4) is 0 Å².